The fourth-order valence-corrected chi connectivity index (χ4v) is 0.399. The van der Waals surface area contributed by atoms with E-state index in [-0.39, 0.29) is 0 Å². The lowest BCUT2D eigenvalue weighted by atomic mass is 10.4. The van der Waals surface area contributed by atoms with Crippen molar-refractivity contribution in [3.05, 3.63) is 20.2 Å². The summed E-state index contributed by atoms with van der Waals surface area (Å²) in [5.41, 5.74) is 0. The molecule has 0 aromatic rings. The normalized spacial score (nSPS) is 12.7. The largest absolute Gasteiger partial charge is 0.394 e. The molecule has 0 heterocycles. The smallest absolute Gasteiger partial charge is 0.294 e. The molecule has 108 valence electrons. The van der Waals surface area contributed by atoms with Crippen molar-refractivity contribution in [3.8, 4) is 0 Å². The molecule has 0 aliphatic carbocycles. The van der Waals surface area contributed by atoms with Gasteiger partial charge in [0.1, 0.15) is 25.4 Å². The molecule has 0 radical (unpaired) electrons. The zero-order valence-electron chi connectivity index (χ0n) is 9.12. The maximum atomic E-state index is 9.41. The van der Waals surface area contributed by atoms with E-state index in [1.54, 1.807) is 0 Å². The summed E-state index contributed by atoms with van der Waals surface area (Å²) in [5.74, 6) is 0. The number of nitrogens with zero attached hydrogens (tertiary/aromatic N) is 2. The number of rotatable bonds is 8. The molecule has 0 rings (SSSR count). The highest BCUT2D eigenvalue weighted by Crippen LogP contribution is 1.82. The van der Waals surface area contributed by atoms with Gasteiger partial charge in [-0.15, -0.1) is 20.2 Å². The van der Waals surface area contributed by atoms with E-state index >= 15 is 0 Å². The average molecular weight is 274 g/mol. The fraction of sp³-hybridized carbons (Fsp3) is 1.00. The molecule has 0 spiro atoms. The molecule has 0 aliphatic heterocycles. The quantitative estimate of drug-likeness (QED) is 0.264. The van der Waals surface area contributed by atoms with E-state index in [2.05, 4.69) is 9.68 Å². The lowest BCUT2D eigenvalue weighted by Gasteiger charge is -2.02. The highest BCUT2D eigenvalue weighted by Gasteiger charge is 2.04. The highest BCUT2D eigenvalue weighted by atomic mass is 17.0. The SMILES string of the molecule is O=[N+]([O-])OCC(O)CO.O=[N+]([O-])OCC(O)CO. The maximum Gasteiger partial charge on any atom is 0.294 e. The zero-order valence-corrected chi connectivity index (χ0v) is 9.12. The topological polar surface area (TPSA) is 186 Å². The summed E-state index contributed by atoms with van der Waals surface area (Å²) >= 11 is 0. The summed E-state index contributed by atoms with van der Waals surface area (Å²) in [6, 6.07) is 0. The second-order valence-electron chi connectivity index (χ2n) is 2.71. The molecule has 12 heteroatoms. The van der Waals surface area contributed by atoms with Gasteiger partial charge in [0.15, 0.2) is 0 Å². The lowest BCUT2D eigenvalue weighted by Crippen LogP contribution is -2.21. The first-order valence-electron chi connectivity index (χ1n) is 4.45. The number of aliphatic hydroxyl groups excluding tert-OH is 4. The Morgan fingerprint density at radius 1 is 0.889 bits per heavy atom. The first-order valence-corrected chi connectivity index (χ1v) is 4.45. The second-order valence-corrected chi connectivity index (χ2v) is 2.71. The minimum atomic E-state index is -1.17. The third-order valence-electron chi connectivity index (χ3n) is 1.17. The zero-order chi connectivity index (χ0) is 14.6. The Bertz CT molecular complexity index is 212. The van der Waals surface area contributed by atoms with E-state index in [0.717, 1.165) is 0 Å². The van der Waals surface area contributed by atoms with Crippen LogP contribution in [0, 0.1) is 20.2 Å². The van der Waals surface area contributed by atoms with E-state index in [1.165, 1.54) is 0 Å². The maximum absolute atomic E-state index is 9.41. The van der Waals surface area contributed by atoms with Gasteiger partial charge in [0.05, 0.1) is 13.2 Å². The summed E-state index contributed by atoms with van der Waals surface area (Å²) in [7, 11) is 0. The monoisotopic (exact) mass is 274 g/mol. The van der Waals surface area contributed by atoms with E-state index in [4.69, 9.17) is 20.4 Å². The van der Waals surface area contributed by atoms with Crippen molar-refractivity contribution in [1.29, 1.82) is 0 Å². The van der Waals surface area contributed by atoms with Crippen molar-refractivity contribution in [2.75, 3.05) is 26.4 Å². The Labute approximate surface area is 100 Å². The molecule has 2 atom stereocenters. The van der Waals surface area contributed by atoms with Crippen LogP contribution in [0.1, 0.15) is 0 Å². The van der Waals surface area contributed by atoms with Crippen LogP contribution in [0.4, 0.5) is 0 Å². The summed E-state index contributed by atoms with van der Waals surface area (Å²) in [5, 5.41) is 49.8. The molecule has 0 saturated carbocycles. The summed E-state index contributed by atoms with van der Waals surface area (Å²) < 4.78 is 0. The van der Waals surface area contributed by atoms with Crippen LogP contribution in [-0.4, -0.2) is 69.2 Å². The summed E-state index contributed by atoms with van der Waals surface area (Å²) in [6.45, 7) is -2.03. The summed E-state index contributed by atoms with van der Waals surface area (Å²) in [6.07, 6.45) is -2.34. The van der Waals surface area contributed by atoms with Gasteiger partial charge in [-0.1, -0.05) is 0 Å². The highest BCUT2D eigenvalue weighted by molar-refractivity contribution is 4.45. The van der Waals surface area contributed by atoms with Crippen LogP contribution in [0.5, 0.6) is 0 Å². The van der Waals surface area contributed by atoms with Crippen molar-refractivity contribution >= 4 is 0 Å². The van der Waals surface area contributed by atoms with Gasteiger partial charge in [-0.05, 0) is 0 Å². The third-order valence-corrected chi connectivity index (χ3v) is 1.17. The van der Waals surface area contributed by atoms with Crippen molar-refractivity contribution in [2.45, 2.75) is 12.2 Å². The van der Waals surface area contributed by atoms with Gasteiger partial charge < -0.3 is 30.1 Å². The molecule has 0 fully saturated rings. The van der Waals surface area contributed by atoms with Crippen LogP contribution in [0.3, 0.4) is 0 Å². The van der Waals surface area contributed by atoms with E-state index in [9.17, 15) is 20.2 Å². The lowest BCUT2D eigenvalue weighted by molar-refractivity contribution is -0.759. The van der Waals surface area contributed by atoms with Crippen LogP contribution in [0.15, 0.2) is 0 Å². The number of hydrogen-bond acceptors (Lipinski definition) is 10. The third kappa shape index (κ3) is 16.7. The predicted octanol–water partition coefficient (Wildman–Crippen LogP) is -2.90. The minimum Gasteiger partial charge on any atom is -0.394 e. The van der Waals surface area contributed by atoms with Gasteiger partial charge in [-0.2, -0.15) is 0 Å². The van der Waals surface area contributed by atoms with Crippen LogP contribution in [0.2, 0.25) is 0 Å². The molecule has 0 aromatic heterocycles. The van der Waals surface area contributed by atoms with Gasteiger partial charge in [-0.25, -0.2) is 0 Å². The van der Waals surface area contributed by atoms with E-state index in [1.807, 2.05) is 0 Å². The van der Waals surface area contributed by atoms with Gasteiger partial charge in [0, 0.05) is 0 Å². The molecule has 0 aromatic carbocycles. The van der Waals surface area contributed by atoms with Crippen molar-refractivity contribution in [1.82, 2.24) is 0 Å². The molecule has 0 aliphatic rings. The number of aliphatic hydroxyl groups is 4. The first kappa shape index (κ1) is 18.6. The molecular weight excluding hydrogens is 260 g/mol. The van der Waals surface area contributed by atoms with E-state index < -0.39 is 48.8 Å². The molecule has 0 amide bonds. The average Bonchev–Trinajstić information content (AvgIpc) is 2.33. The van der Waals surface area contributed by atoms with Crippen LogP contribution in [-0.2, 0) is 9.68 Å². The first-order chi connectivity index (χ1) is 8.33. The molecule has 0 saturated heterocycles. The Hall–Kier alpha value is -1.76. The van der Waals surface area contributed by atoms with Gasteiger partial charge in [0.2, 0.25) is 0 Å². The predicted molar refractivity (Wildman–Crippen MR) is 52.1 cm³/mol. The Morgan fingerprint density at radius 2 is 1.17 bits per heavy atom. The van der Waals surface area contributed by atoms with Crippen molar-refractivity contribution in [3.63, 3.8) is 0 Å². The Balaban J connectivity index is 0. The van der Waals surface area contributed by atoms with Gasteiger partial charge >= 0.3 is 0 Å². The Kier molecular flexibility index (Phi) is 12.1. The number of hydrogen-bond donors (Lipinski definition) is 4. The van der Waals surface area contributed by atoms with Crippen LogP contribution in [0.25, 0.3) is 0 Å². The van der Waals surface area contributed by atoms with Crippen molar-refractivity contribution in [2.24, 2.45) is 0 Å². The standard InChI is InChI=1S/2C3H7NO5/c2*5-1-3(6)2-9-4(7)8/h2*3,5-6H,1-2H2. The van der Waals surface area contributed by atoms with Crippen LogP contribution >= 0.6 is 0 Å². The molecule has 0 bridgehead atoms. The molecule has 2 unspecified atom stereocenters. The fourth-order valence-electron chi connectivity index (χ4n) is 0.399. The van der Waals surface area contributed by atoms with Crippen molar-refractivity contribution < 1.29 is 40.3 Å². The summed E-state index contributed by atoms with van der Waals surface area (Å²) in [4.78, 5) is 26.2. The van der Waals surface area contributed by atoms with E-state index in [0.29, 0.717) is 0 Å². The molecular formula is C6H14N2O10. The molecule has 4 N–H and O–H groups in total. The molecule has 12 nitrogen and oxygen atoms in total. The van der Waals surface area contributed by atoms with Gasteiger partial charge in [0.25, 0.3) is 10.2 Å². The second kappa shape index (κ2) is 11.7. The Morgan fingerprint density at radius 3 is 1.33 bits per heavy atom. The van der Waals surface area contributed by atoms with Gasteiger partial charge in [-0.3, -0.25) is 0 Å². The van der Waals surface area contributed by atoms with Crippen LogP contribution < -0.4 is 0 Å². The molecule has 18 heavy (non-hydrogen) atoms. The minimum absolute atomic E-state index is 0.483.